The molecule has 21 heavy (non-hydrogen) atoms. The van der Waals surface area contributed by atoms with Gasteiger partial charge in [0.2, 0.25) is 10.0 Å². The van der Waals surface area contributed by atoms with Crippen LogP contribution in [0.5, 0.6) is 0 Å². The zero-order valence-electron chi connectivity index (χ0n) is 11.3. The van der Waals surface area contributed by atoms with Crippen molar-refractivity contribution in [2.45, 2.75) is 30.3 Å². The molecular weight excluding hydrogens is 352 g/mol. The van der Waals surface area contributed by atoms with E-state index < -0.39 is 10.0 Å². The highest BCUT2D eigenvalue weighted by Crippen LogP contribution is 2.33. The lowest BCUT2D eigenvalue weighted by molar-refractivity contribution is 0.398. The van der Waals surface area contributed by atoms with Crippen LogP contribution in [0.25, 0.3) is 0 Å². The maximum Gasteiger partial charge on any atom is 0.243 e. The van der Waals surface area contributed by atoms with Crippen molar-refractivity contribution in [3.63, 3.8) is 0 Å². The highest BCUT2D eigenvalue weighted by molar-refractivity contribution is 9.10. The number of pyridine rings is 1. The minimum Gasteiger partial charge on any atom is -0.265 e. The molecule has 1 fully saturated rings. The Balaban J connectivity index is 1.91. The van der Waals surface area contributed by atoms with Crippen molar-refractivity contribution < 1.29 is 8.42 Å². The Labute approximate surface area is 133 Å². The summed E-state index contributed by atoms with van der Waals surface area (Å²) in [6, 6.07) is 10.6. The third-order valence-corrected chi connectivity index (χ3v) is 5.90. The molecule has 1 aromatic carbocycles. The van der Waals surface area contributed by atoms with E-state index in [9.17, 15) is 8.42 Å². The van der Waals surface area contributed by atoms with Crippen LogP contribution in [0.3, 0.4) is 0 Å². The van der Waals surface area contributed by atoms with Gasteiger partial charge in [-0.3, -0.25) is 4.98 Å². The summed E-state index contributed by atoms with van der Waals surface area (Å²) in [5, 5.41) is 0. The molecule has 0 atom stereocenters. The number of aromatic nitrogens is 1. The van der Waals surface area contributed by atoms with Crippen LogP contribution in [0, 0.1) is 0 Å². The van der Waals surface area contributed by atoms with Gasteiger partial charge in [0, 0.05) is 29.5 Å². The Hall–Kier alpha value is -1.24. The quantitative estimate of drug-likeness (QED) is 0.816. The summed E-state index contributed by atoms with van der Waals surface area (Å²) >= 11 is 3.33. The SMILES string of the molecule is O=S(=O)(c1ccc(Br)cc1)N(Cc1ccncc1)C1CC1. The van der Waals surface area contributed by atoms with Crippen LogP contribution >= 0.6 is 15.9 Å². The summed E-state index contributed by atoms with van der Waals surface area (Å²) in [4.78, 5) is 4.31. The minimum absolute atomic E-state index is 0.117. The Kier molecular flexibility index (Phi) is 4.10. The Morgan fingerprint density at radius 3 is 2.29 bits per heavy atom. The van der Waals surface area contributed by atoms with Gasteiger partial charge in [0.25, 0.3) is 0 Å². The van der Waals surface area contributed by atoms with Crippen LogP contribution in [-0.2, 0) is 16.6 Å². The highest BCUT2D eigenvalue weighted by Gasteiger charge is 2.37. The summed E-state index contributed by atoms with van der Waals surface area (Å²) in [5.74, 6) is 0. The first-order chi connectivity index (χ1) is 10.1. The van der Waals surface area contributed by atoms with E-state index in [-0.39, 0.29) is 6.04 Å². The summed E-state index contributed by atoms with van der Waals surface area (Å²) in [6.07, 6.45) is 5.24. The van der Waals surface area contributed by atoms with E-state index >= 15 is 0 Å². The monoisotopic (exact) mass is 366 g/mol. The number of rotatable bonds is 5. The van der Waals surface area contributed by atoms with Crippen molar-refractivity contribution in [2.75, 3.05) is 0 Å². The molecule has 2 aromatic rings. The number of nitrogens with zero attached hydrogens (tertiary/aromatic N) is 2. The lowest BCUT2D eigenvalue weighted by Gasteiger charge is -2.22. The van der Waals surface area contributed by atoms with Crippen LogP contribution in [-0.4, -0.2) is 23.7 Å². The second-order valence-corrected chi connectivity index (χ2v) is 7.90. The third kappa shape index (κ3) is 3.33. The van der Waals surface area contributed by atoms with Gasteiger partial charge in [0.05, 0.1) is 4.90 Å². The molecule has 0 bridgehead atoms. The summed E-state index contributed by atoms with van der Waals surface area (Å²) in [7, 11) is -3.46. The van der Waals surface area contributed by atoms with Crippen LogP contribution in [0.15, 0.2) is 58.2 Å². The summed E-state index contributed by atoms with van der Waals surface area (Å²) in [5.41, 5.74) is 0.956. The van der Waals surface area contributed by atoms with Crippen molar-refractivity contribution in [1.29, 1.82) is 0 Å². The molecule has 0 saturated heterocycles. The van der Waals surface area contributed by atoms with Crippen LogP contribution < -0.4 is 0 Å². The van der Waals surface area contributed by atoms with Crippen LogP contribution in [0.1, 0.15) is 18.4 Å². The topological polar surface area (TPSA) is 50.3 Å². The van der Waals surface area contributed by atoms with Gasteiger partial charge < -0.3 is 0 Å². The molecule has 1 heterocycles. The van der Waals surface area contributed by atoms with Gasteiger partial charge in [0.1, 0.15) is 0 Å². The van der Waals surface area contributed by atoms with Crippen molar-refractivity contribution in [3.8, 4) is 0 Å². The standard InChI is InChI=1S/C15H15BrN2O2S/c16-13-1-5-15(6-2-13)21(19,20)18(14-3-4-14)11-12-7-9-17-10-8-12/h1-2,5-10,14H,3-4,11H2. The Bertz CT molecular complexity index is 713. The molecule has 1 aliphatic carbocycles. The molecule has 4 nitrogen and oxygen atoms in total. The molecule has 1 aromatic heterocycles. The van der Waals surface area contributed by atoms with Gasteiger partial charge >= 0.3 is 0 Å². The van der Waals surface area contributed by atoms with Gasteiger partial charge in [-0.15, -0.1) is 0 Å². The second kappa shape index (κ2) is 5.87. The van der Waals surface area contributed by atoms with E-state index in [1.165, 1.54) is 0 Å². The maximum absolute atomic E-state index is 12.8. The lowest BCUT2D eigenvalue weighted by atomic mass is 10.3. The fraction of sp³-hybridized carbons (Fsp3) is 0.267. The largest absolute Gasteiger partial charge is 0.265 e. The molecule has 0 radical (unpaired) electrons. The van der Waals surface area contributed by atoms with Crippen LogP contribution in [0.4, 0.5) is 0 Å². The first-order valence-electron chi connectivity index (χ1n) is 6.74. The number of hydrogen-bond acceptors (Lipinski definition) is 3. The molecule has 110 valence electrons. The number of benzene rings is 1. The number of sulfonamides is 1. The molecule has 0 amide bonds. The first kappa shape index (κ1) is 14.7. The number of hydrogen-bond donors (Lipinski definition) is 0. The van der Waals surface area contributed by atoms with Gasteiger partial charge in [-0.05, 0) is 54.8 Å². The van der Waals surface area contributed by atoms with E-state index in [4.69, 9.17) is 0 Å². The average molecular weight is 367 g/mol. The van der Waals surface area contributed by atoms with Gasteiger partial charge in [-0.2, -0.15) is 4.31 Å². The van der Waals surface area contributed by atoms with E-state index in [1.807, 2.05) is 12.1 Å². The molecule has 0 aliphatic heterocycles. The van der Waals surface area contributed by atoms with Crippen molar-refractivity contribution >= 4 is 26.0 Å². The van der Waals surface area contributed by atoms with Crippen molar-refractivity contribution in [3.05, 3.63) is 58.8 Å². The van der Waals surface area contributed by atoms with E-state index in [0.29, 0.717) is 11.4 Å². The molecule has 0 spiro atoms. The fourth-order valence-electron chi connectivity index (χ4n) is 2.18. The Morgan fingerprint density at radius 1 is 1.10 bits per heavy atom. The molecule has 1 aliphatic rings. The maximum atomic E-state index is 12.8. The normalized spacial score (nSPS) is 15.3. The molecule has 1 saturated carbocycles. The smallest absolute Gasteiger partial charge is 0.243 e. The van der Waals surface area contributed by atoms with E-state index in [0.717, 1.165) is 22.9 Å². The second-order valence-electron chi connectivity index (χ2n) is 5.09. The number of halogens is 1. The fourth-order valence-corrected chi connectivity index (χ4v) is 4.12. The summed E-state index contributed by atoms with van der Waals surface area (Å²) < 4.78 is 28.1. The minimum atomic E-state index is -3.46. The van der Waals surface area contributed by atoms with Gasteiger partial charge in [-0.25, -0.2) is 8.42 Å². The lowest BCUT2D eigenvalue weighted by Crippen LogP contribution is -2.32. The van der Waals surface area contributed by atoms with E-state index in [1.54, 1.807) is 41.0 Å². The van der Waals surface area contributed by atoms with Crippen LogP contribution in [0.2, 0.25) is 0 Å². The molecule has 0 unspecified atom stereocenters. The third-order valence-electron chi connectivity index (χ3n) is 3.46. The van der Waals surface area contributed by atoms with Crippen molar-refractivity contribution in [2.24, 2.45) is 0 Å². The van der Waals surface area contributed by atoms with Gasteiger partial charge in [-0.1, -0.05) is 15.9 Å². The Morgan fingerprint density at radius 2 is 1.71 bits per heavy atom. The van der Waals surface area contributed by atoms with Crippen molar-refractivity contribution in [1.82, 2.24) is 9.29 Å². The summed E-state index contributed by atoms with van der Waals surface area (Å²) in [6.45, 7) is 0.394. The predicted octanol–water partition coefficient (Wildman–Crippen LogP) is 3.20. The first-order valence-corrected chi connectivity index (χ1v) is 8.97. The molecule has 0 N–H and O–H groups in total. The van der Waals surface area contributed by atoms with E-state index in [2.05, 4.69) is 20.9 Å². The average Bonchev–Trinajstić information content (AvgIpc) is 3.31. The predicted molar refractivity (Wildman–Crippen MR) is 84.1 cm³/mol. The zero-order chi connectivity index (χ0) is 14.9. The molecule has 3 rings (SSSR count). The zero-order valence-corrected chi connectivity index (χ0v) is 13.7. The molecule has 6 heteroatoms. The highest BCUT2D eigenvalue weighted by atomic mass is 79.9. The van der Waals surface area contributed by atoms with Gasteiger partial charge in [0.15, 0.2) is 0 Å². The molecular formula is C15H15BrN2O2S.